The summed E-state index contributed by atoms with van der Waals surface area (Å²) in [6.45, 7) is 0.0631. The van der Waals surface area contributed by atoms with Crippen molar-refractivity contribution in [2.75, 3.05) is 11.9 Å². The van der Waals surface area contributed by atoms with E-state index in [0.717, 1.165) is 5.56 Å². The number of rotatable bonds is 2. The zero-order chi connectivity index (χ0) is 13.3. The molecular weight excluding hydrogens is 238 g/mol. The molecule has 0 fully saturated rings. The minimum absolute atomic E-state index is 0.0631. The van der Waals surface area contributed by atoms with E-state index < -0.39 is 6.09 Å². The highest BCUT2D eigenvalue weighted by Crippen LogP contribution is 2.04. The van der Waals surface area contributed by atoms with Crippen molar-refractivity contribution in [1.29, 1.82) is 0 Å². The van der Waals surface area contributed by atoms with E-state index >= 15 is 0 Å². The Morgan fingerprint density at radius 1 is 1.00 bits per heavy atom. The lowest BCUT2D eigenvalue weighted by Crippen LogP contribution is -2.13. The fourth-order valence-electron chi connectivity index (χ4n) is 1.44. The van der Waals surface area contributed by atoms with Crippen LogP contribution in [-0.4, -0.2) is 12.7 Å². The van der Waals surface area contributed by atoms with Crippen molar-refractivity contribution in [2.24, 2.45) is 0 Å². The average Bonchev–Trinajstić information content (AvgIpc) is 2.46. The molecule has 0 bridgehead atoms. The molecule has 0 radical (unpaired) electrons. The number of carbonyl (C=O) groups excluding carboxylic acids is 1. The SMILES string of the molecule is O=C(Nc1ccccc1)OCC#Cc1ccccc1. The van der Waals surface area contributed by atoms with Crippen molar-refractivity contribution in [3.05, 3.63) is 66.2 Å². The monoisotopic (exact) mass is 251 g/mol. The quantitative estimate of drug-likeness (QED) is 0.832. The van der Waals surface area contributed by atoms with Gasteiger partial charge in [-0.2, -0.15) is 0 Å². The van der Waals surface area contributed by atoms with Crippen molar-refractivity contribution in [3.63, 3.8) is 0 Å². The maximum atomic E-state index is 11.4. The first-order valence-corrected chi connectivity index (χ1v) is 5.87. The van der Waals surface area contributed by atoms with Gasteiger partial charge in [-0.3, -0.25) is 5.32 Å². The Hall–Kier alpha value is -2.73. The van der Waals surface area contributed by atoms with Gasteiger partial charge < -0.3 is 4.74 Å². The van der Waals surface area contributed by atoms with E-state index in [1.807, 2.05) is 48.5 Å². The molecule has 0 heterocycles. The first-order chi connectivity index (χ1) is 9.34. The molecule has 2 aromatic carbocycles. The number of carbonyl (C=O) groups is 1. The first-order valence-electron chi connectivity index (χ1n) is 5.87. The van der Waals surface area contributed by atoms with E-state index in [2.05, 4.69) is 17.2 Å². The van der Waals surface area contributed by atoms with Gasteiger partial charge in [0.2, 0.25) is 0 Å². The summed E-state index contributed by atoms with van der Waals surface area (Å²) in [5, 5.41) is 2.61. The molecule has 0 aromatic heterocycles. The van der Waals surface area contributed by atoms with Crippen LogP contribution in [0.25, 0.3) is 0 Å². The minimum atomic E-state index is -0.506. The van der Waals surface area contributed by atoms with Gasteiger partial charge in [-0.25, -0.2) is 4.79 Å². The van der Waals surface area contributed by atoms with Gasteiger partial charge in [0.1, 0.15) is 0 Å². The van der Waals surface area contributed by atoms with Crippen molar-refractivity contribution in [2.45, 2.75) is 0 Å². The summed E-state index contributed by atoms with van der Waals surface area (Å²) < 4.78 is 4.94. The lowest BCUT2D eigenvalue weighted by molar-refractivity contribution is 0.176. The molecule has 0 atom stereocenters. The number of amides is 1. The molecule has 19 heavy (non-hydrogen) atoms. The summed E-state index contributed by atoms with van der Waals surface area (Å²) in [5.74, 6) is 5.69. The van der Waals surface area contributed by atoms with E-state index in [4.69, 9.17) is 4.74 Å². The van der Waals surface area contributed by atoms with Crippen LogP contribution in [0.3, 0.4) is 0 Å². The number of ether oxygens (including phenoxy) is 1. The molecule has 0 saturated carbocycles. The van der Waals surface area contributed by atoms with Crippen LogP contribution in [-0.2, 0) is 4.74 Å². The third-order valence-electron chi connectivity index (χ3n) is 2.30. The maximum absolute atomic E-state index is 11.4. The van der Waals surface area contributed by atoms with Gasteiger partial charge in [-0.15, -0.1) is 0 Å². The van der Waals surface area contributed by atoms with Crippen LogP contribution in [0.5, 0.6) is 0 Å². The van der Waals surface area contributed by atoms with Gasteiger partial charge >= 0.3 is 6.09 Å². The smallest absolute Gasteiger partial charge is 0.412 e. The summed E-state index contributed by atoms with van der Waals surface area (Å²) in [6, 6.07) is 18.7. The van der Waals surface area contributed by atoms with Crippen molar-refractivity contribution < 1.29 is 9.53 Å². The average molecular weight is 251 g/mol. The molecule has 2 rings (SSSR count). The summed E-state index contributed by atoms with van der Waals surface area (Å²) in [4.78, 5) is 11.4. The van der Waals surface area contributed by atoms with E-state index in [-0.39, 0.29) is 6.61 Å². The Kier molecular flexibility index (Phi) is 4.60. The summed E-state index contributed by atoms with van der Waals surface area (Å²) >= 11 is 0. The summed E-state index contributed by atoms with van der Waals surface area (Å²) in [6.07, 6.45) is -0.506. The second-order valence-electron chi connectivity index (χ2n) is 3.73. The second-order valence-corrected chi connectivity index (χ2v) is 3.73. The number of hydrogen-bond acceptors (Lipinski definition) is 2. The zero-order valence-electron chi connectivity index (χ0n) is 10.3. The van der Waals surface area contributed by atoms with E-state index in [1.165, 1.54) is 0 Å². The largest absolute Gasteiger partial charge is 0.436 e. The highest BCUT2D eigenvalue weighted by atomic mass is 16.5. The van der Waals surface area contributed by atoms with Crippen LogP contribution >= 0.6 is 0 Å². The van der Waals surface area contributed by atoms with Gasteiger partial charge in [-0.05, 0) is 24.3 Å². The number of para-hydroxylation sites is 1. The predicted molar refractivity (Wildman–Crippen MR) is 74.7 cm³/mol. The molecular formula is C16H13NO2. The lowest BCUT2D eigenvalue weighted by atomic mass is 10.2. The maximum Gasteiger partial charge on any atom is 0.412 e. The molecule has 1 amide bonds. The van der Waals surface area contributed by atoms with Gasteiger partial charge in [0.15, 0.2) is 6.61 Å². The Balaban J connectivity index is 1.77. The Morgan fingerprint density at radius 3 is 2.32 bits per heavy atom. The summed E-state index contributed by atoms with van der Waals surface area (Å²) in [5.41, 5.74) is 1.60. The highest BCUT2D eigenvalue weighted by Gasteiger charge is 2.00. The lowest BCUT2D eigenvalue weighted by Gasteiger charge is -2.03. The molecule has 0 aliphatic rings. The fourth-order valence-corrected chi connectivity index (χ4v) is 1.44. The van der Waals surface area contributed by atoms with Crippen LogP contribution < -0.4 is 5.32 Å². The molecule has 3 nitrogen and oxygen atoms in total. The molecule has 2 aromatic rings. The van der Waals surface area contributed by atoms with E-state index in [0.29, 0.717) is 5.69 Å². The van der Waals surface area contributed by atoms with Gasteiger partial charge in [-0.1, -0.05) is 48.2 Å². The molecule has 3 heteroatoms. The van der Waals surface area contributed by atoms with Crippen LogP contribution in [0.1, 0.15) is 5.56 Å². The number of hydrogen-bond donors (Lipinski definition) is 1. The van der Waals surface area contributed by atoms with Crippen molar-refractivity contribution in [3.8, 4) is 11.8 Å². The van der Waals surface area contributed by atoms with E-state index in [9.17, 15) is 4.79 Å². The van der Waals surface area contributed by atoms with Crippen LogP contribution in [0, 0.1) is 11.8 Å². The van der Waals surface area contributed by atoms with Crippen LogP contribution in [0.4, 0.5) is 10.5 Å². The fraction of sp³-hybridized carbons (Fsp3) is 0.0625. The number of benzene rings is 2. The van der Waals surface area contributed by atoms with Gasteiger partial charge in [0, 0.05) is 11.3 Å². The molecule has 0 unspecified atom stereocenters. The Bertz CT molecular complexity index is 582. The molecule has 1 N–H and O–H groups in total. The number of anilines is 1. The first kappa shape index (κ1) is 12.7. The molecule has 0 saturated heterocycles. The zero-order valence-corrected chi connectivity index (χ0v) is 10.3. The van der Waals surface area contributed by atoms with Crippen LogP contribution in [0.2, 0.25) is 0 Å². The predicted octanol–water partition coefficient (Wildman–Crippen LogP) is 3.29. The standard InChI is InChI=1S/C16H13NO2/c18-16(17-15-11-5-2-6-12-15)19-13-7-10-14-8-3-1-4-9-14/h1-6,8-9,11-12H,13H2,(H,17,18). The van der Waals surface area contributed by atoms with Crippen LogP contribution in [0.15, 0.2) is 60.7 Å². The van der Waals surface area contributed by atoms with Gasteiger partial charge in [0.25, 0.3) is 0 Å². The normalized spacial score (nSPS) is 9.05. The third kappa shape index (κ3) is 4.57. The summed E-state index contributed by atoms with van der Waals surface area (Å²) in [7, 11) is 0. The molecule has 0 spiro atoms. The topological polar surface area (TPSA) is 38.3 Å². The van der Waals surface area contributed by atoms with Crippen molar-refractivity contribution in [1.82, 2.24) is 0 Å². The van der Waals surface area contributed by atoms with Gasteiger partial charge in [0.05, 0.1) is 0 Å². The minimum Gasteiger partial charge on any atom is -0.436 e. The molecule has 0 aliphatic carbocycles. The second kappa shape index (κ2) is 6.87. The van der Waals surface area contributed by atoms with Crippen molar-refractivity contribution >= 4 is 11.8 Å². The third-order valence-corrected chi connectivity index (χ3v) is 2.30. The Morgan fingerprint density at radius 2 is 1.63 bits per heavy atom. The number of nitrogens with one attached hydrogen (secondary N) is 1. The highest BCUT2D eigenvalue weighted by molar-refractivity contribution is 5.84. The Labute approximate surface area is 112 Å². The molecule has 94 valence electrons. The van der Waals surface area contributed by atoms with E-state index in [1.54, 1.807) is 12.1 Å². The molecule has 0 aliphatic heterocycles.